The van der Waals surface area contributed by atoms with E-state index in [0.717, 1.165) is 16.8 Å². The highest BCUT2D eigenvalue weighted by molar-refractivity contribution is 5.86. The lowest BCUT2D eigenvalue weighted by Gasteiger charge is -2.12. The summed E-state index contributed by atoms with van der Waals surface area (Å²) in [5.41, 5.74) is 3.11. The van der Waals surface area contributed by atoms with E-state index in [9.17, 15) is 5.11 Å². The van der Waals surface area contributed by atoms with Gasteiger partial charge < -0.3 is 14.8 Å². The molecule has 1 aromatic heterocycles. The zero-order valence-electron chi connectivity index (χ0n) is 11.6. The maximum Gasteiger partial charge on any atom is 0.161 e. The average Bonchev–Trinajstić information content (AvgIpc) is 2.84. The van der Waals surface area contributed by atoms with Crippen LogP contribution in [0.3, 0.4) is 0 Å². The number of phenols is 1. The largest absolute Gasteiger partial charge is 0.504 e. The average molecular weight is 267 g/mol. The fourth-order valence-corrected chi connectivity index (χ4v) is 2.26. The van der Waals surface area contributed by atoms with Crippen molar-refractivity contribution >= 4 is 10.9 Å². The van der Waals surface area contributed by atoms with Gasteiger partial charge in [0.05, 0.1) is 6.10 Å². The highest BCUT2D eigenvalue weighted by Gasteiger charge is 2.09. The van der Waals surface area contributed by atoms with Crippen LogP contribution in [0.15, 0.2) is 48.5 Å². The van der Waals surface area contributed by atoms with E-state index < -0.39 is 0 Å². The third-order valence-corrected chi connectivity index (χ3v) is 3.16. The van der Waals surface area contributed by atoms with E-state index in [1.54, 1.807) is 6.07 Å². The lowest BCUT2D eigenvalue weighted by atomic mass is 10.1. The summed E-state index contributed by atoms with van der Waals surface area (Å²) in [5, 5.41) is 11.0. The van der Waals surface area contributed by atoms with Crippen molar-refractivity contribution in [1.29, 1.82) is 0 Å². The van der Waals surface area contributed by atoms with Crippen LogP contribution in [-0.2, 0) is 0 Å². The summed E-state index contributed by atoms with van der Waals surface area (Å²) in [6.45, 7) is 3.88. The monoisotopic (exact) mass is 267 g/mol. The first-order chi connectivity index (χ1) is 9.63. The Labute approximate surface area is 117 Å². The molecule has 0 radical (unpaired) electrons. The second kappa shape index (κ2) is 4.93. The molecule has 3 aromatic rings. The van der Waals surface area contributed by atoms with Gasteiger partial charge in [0.25, 0.3) is 0 Å². The van der Waals surface area contributed by atoms with Gasteiger partial charge in [0.2, 0.25) is 0 Å². The quantitative estimate of drug-likeness (QED) is 0.742. The molecular formula is C17H17NO2. The molecule has 102 valence electrons. The highest BCUT2D eigenvalue weighted by atomic mass is 16.5. The fraction of sp³-hybridized carbons (Fsp3) is 0.176. The molecule has 0 aliphatic heterocycles. The summed E-state index contributed by atoms with van der Waals surface area (Å²) in [5.74, 6) is 0.676. The van der Waals surface area contributed by atoms with Crippen LogP contribution in [0, 0.1) is 0 Å². The van der Waals surface area contributed by atoms with E-state index in [2.05, 4.69) is 17.1 Å². The van der Waals surface area contributed by atoms with E-state index in [0.29, 0.717) is 5.75 Å². The van der Waals surface area contributed by atoms with Crippen molar-refractivity contribution in [2.24, 2.45) is 0 Å². The van der Waals surface area contributed by atoms with Crippen molar-refractivity contribution in [3.8, 4) is 22.8 Å². The van der Waals surface area contributed by atoms with E-state index in [-0.39, 0.29) is 11.9 Å². The molecule has 3 rings (SSSR count). The van der Waals surface area contributed by atoms with Gasteiger partial charge in [-0.25, -0.2) is 0 Å². The van der Waals surface area contributed by atoms with E-state index in [1.165, 1.54) is 5.39 Å². The molecule has 0 aliphatic rings. The predicted octanol–water partition coefficient (Wildman–Crippen LogP) is 4.33. The van der Waals surface area contributed by atoms with Crippen molar-refractivity contribution < 1.29 is 9.84 Å². The summed E-state index contributed by atoms with van der Waals surface area (Å²) >= 11 is 0. The molecule has 0 fully saturated rings. The zero-order chi connectivity index (χ0) is 14.1. The molecule has 20 heavy (non-hydrogen) atoms. The summed E-state index contributed by atoms with van der Waals surface area (Å²) in [6.07, 6.45) is 0.0267. The first-order valence-electron chi connectivity index (χ1n) is 6.71. The molecule has 0 spiro atoms. The second-order valence-corrected chi connectivity index (χ2v) is 5.12. The minimum absolute atomic E-state index is 0.0267. The normalized spacial score (nSPS) is 11.2. The number of para-hydroxylation sites is 1. The Kier molecular flexibility index (Phi) is 3.11. The van der Waals surface area contributed by atoms with E-state index in [1.807, 2.05) is 44.2 Å². The summed E-state index contributed by atoms with van der Waals surface area (Å²) in [4.78, 5) is 3.37. The number of benzene rings is 2. The smallest absolute Gasteiger partial charge is 0.161 e. The highest BCUT2D eigenvalue weighted by Crippen LogP contribution is 2.33. The van der Waals surface area contributed by atoms with Crippen molar-refractivity contribution in [2.45, 2.75) is 20.0 Å². The van der Waals surface area contributed by atoms with E-state index in [4.69, 9.17) is 4.74 Å². The van der Waals surface area contributed by atoms with Gasteiger partial charge in [0.15, 0.2) is 11.5 Å². The SMILES string of the molecule is CC(C)Oc1cc(-c2cc3ccccc3[nH]2)ccc1O. The molecule has 0 amide bonds. The Bertz CT molecular complexity index is 711. The molecule has 3 heteroatoms. The van der Waals surface area contributed by atoms with Crippen molar-refractivity contribution in [3.05, 3.63) is 48.5 Å². The lowest BCUT2D eigenvalue weighted by Crippen LogP contribution is -2.05. The van der Waals surface area contributed by atoms with Crippen LogP contribution in [0.2, 0.25) is 0 Å². The molecule has 2 aromatic carbocycles. The Hall–Kier alpha value is -2.42. The van der Waals surface area contributed by atoms with Crippen LogP contribution >= 0.6 is 0 Å². The number of H-pyrrole nitrogens is 1. The molecule has 0 atom stereocenters. The number of rotatable bonds is 3. The van der Waals surface area contributed by atoms with Crippen LogP contribution < -0.4 is 4.74 Å². The summed E-state index contributed by atoms with van der Waals surface area (Å²) in [7, 11) is 0. The number of aromatic hydroxyl groups is 1. The number of nitrogens with one attached hydrogen (secondary N) is 1. The first kappa shape index (κ1) is 12.6. The van der Waals surface area contributed by atoms with Gasteiger partial charge in [-0.15, -0.1) is 0 Å². The number of hydrogen-bond acceptors (Lipinski definition) is 2. The molecule has 0 unspecified atom stereocenters. The fourth-order valence-electron chi connectivity index (χ4n) is 2.26. The molecule has 0 bridgehead atoms. The Morgan fingerprint density at radius 3 is 2.60 bits per heavy atom. The van der Waals surface area contributed by atoms with Gasteiger partial charge in [-0.1, -0.05) is 18.2 Å². The number of aromatic amines is 1. The lowest BCUT2D eigenvalue weighted by molar-refractivity contribution is 0.232. The van der Waals surface area contributed by atoms with Crippen LogP contribution in [0.4, 0.5) is 0 Å². The number of phenolic OH excluding ortho intramolecular Hbond substituents is 1. The summed E-state index contributed by atoms with van der Waals surface area (Å²) in [6, 6.07) is 15.6. The van der Waals surface area contributed by atoms with E-state index >= 15 is 0 Å². The maximum absolute atomic E-state index is 9.84. The maximum atomic E-state index is 9.84. The Morgan fingerprint density at radius 2 is 1.85 bits per heavy atom. The van der Waals surface area contributed by atoms with Crippen molar-refractivity contribution in [1.82, 2.24) is 4.98 Å². The molecule has 0 aliphatic carbocycles. The third-order valence-electron chi connectivity index (χ3n) is 3.16. The van der Waals surface area contributed by atoms with Gasteiger partial charge in [-0.05, 0) is 44.2 Å². The molecular weight excluding hydrogens is 250 g/mol. The van der Waals surface area contributed by atoms with Crippen LogP contribution in [0.5, 0.6) is 11.5 Å². The molecule has 0 saturated heterocycles. The number of aromatic nitrogens is 1. The topological polar surface area (TPSA) is 45.2 Å². The standard InChI is InChI=1S/C17H17NO2/c1-11(2)20-17-10-13(7-8-16(17)19)15-9-12-5-3-4-6-14(12)18-15/h3-11,18-19H,1-2H3. The number of ether oxygens (including phenoxy) is 1. The van der Waals surface area contributed by atoms with Crippen molar-refractivity contribution in [3.63, 3.8) is 0 Å². The minimum Gasteiger partial charge on any atom is -0.504 e. The Balaban J connectivity index is 2.05. The molecule has 0 saturated carbocycles. The van der Waals surface area contributed by atoms with Gasteiger partial charge in [0, 0.05) is 22.2 Å². The molecule has 3 nitrogen and oxygen atoms in total. The Morgan fingerprint density at radius 1 is 1.05 bits per heavy atom. The molecule has 1 heterocycles. The summed E-state index contributed by atoms with van der Waals surface area (Å²) < 4.78 is 5.62. The third kappa shape index (κ3) is 2.35. The first-order valence-corrected chi connectivity index (χ1v) is 6.71. The number of fused-ring (bicyclic) bond motifs is 1. The van der Waals surface area contributed by atoms with Crippen LogP contribution in [-0.4, -0.2) is 16.2 Å². The predicted molar refractivity (Wildman–Crippen MR) is 81.2 cm³/mol. The van der Waals surface area contributed by atoms with Gasteiger partial charge in [-0.3, -0.25) is 0 Å². The minimum atomic E-state index is 0.0267. The van der Waals surface area contributed by atoms with Crippen LogP contribution in [0.1, 0.15) is 13.8 Å². The zero-order valence-corrected chi connectivity index (χ0v) is 11.6. The van der Waals surface area contributed by atoms with Gasteiger partial charge >= 0.3 is 0 Å². The second-order valence-electron chi connectivity index (χ2n) is 5.12. The van der Waals surface area contributed by atoms with Gasteiger partial charge in [-0.2, -0.15) is 0 Å². The van der Waals surface area contributed by atoms with Crippen LogP contribution in [0.25, 0.3) is 22.2 Å². The van der Waals surface area contributed by atoms with Gasteiger partial charge in [0.1, 0.15) is 0 Å². The van der Waals surface area contributed by atoms with Crippen molar-refractivity contribution in [2.75, 3.05) is 0 Å². The molecule has 2 N–H and O–H groups in total. The number of hydrogen-bond donors (Lipinski definition) is 2.